The molecule has 4 aromatic heterocycles. The lowest BCUT2D eigenvalue weighted by Gasteiger charge is -2.14. The molecule has 11 rings (SSSR count). The standard InChI is InChI=1S/C48H30N6/c1-49-46-48(51-38-23-13-12-22-37(38)50-46)53-40-28-27-36-42(43(40)35-26-25-33(29-41(35)53)30-15-5-2-6-16-30)34-21-11-14-24-39(34)54-45(36)44(31-17-7-3-8-18-31)52-47(54)32-19-9-4-10-20-32/h2-29H,1H2. The molecule has 0 atom stereocenters. The lowest BCUT2D eigenvalue weighted by molar-refractivity contribution is 1.07. The van der Waals surface area contributed by atoms with Gasteiger partial charge in [0.05, 0.1) is 38.8 Å². The Bertz CT molecular complexity index is 3270. The summed E-state index contributed by atoms with van der Waals surface area (Å²) in [7, 11) is 0. The van der Waals surface area contributed by atoms with Gasteiger partial charge in [-0.2, -0.15) is 0 Å². The second-order valence-electron chi connectivity index (χ2n) is 13.6. The molecule has 0 aliphatic rings. The Hall–Kier alpha value is -7.44. The molecule has 4 heterocycles. The Morgan fingerprint density at radius 2 is 1.06 bits per heavy atom. The van der Waals surface area contributed by atoms with Gasteiger partial charge < -0.3 is 0 Å². The van der Waals surface area contributed by atoms with Crippen molar-refractivity contribution in [2.24, 2.45) is 4.99 Å². The van der Waals surface area contributed by atoms with E-state index < -0.39 is 0 Å². The second-order valence-corrected chi connectivity index (χ2v) is 13.6. The third kappa shape index (κ3) is 4.40. The van der Waals surface area contributed by atoms with E-state index in [0.717, 1.165) is 93.8 Å². The average Bonchev–Trinajstić information content (AvgIpc) is 3.81. The zero-order chi connectivity index (χ0) is 35.8. The van der Waals surface area contributed by atoms with E-state index in [2.05, 4.69) is 154 Å². The molecule has 0 amide bonds. The smallest absolute Gasteiger partial charge is 0.196 e. The number of benzene rings is 7. The molecule has 6 heteroatoms. The maximum Gasteiger partial charge on any atom is 0.196 e. The largest absolute Gasteiger partial charge is 0.291 e. The number of hydrogen-bond acceptors (Lipinski definition) is 4. The highest BCUT2D eigenvalue weighted by Crippen LogP contribution is 2.45. The van der Waals surface area contributed by atoms with Crippen LogP contribution >= 0.6 is 0 Å². The first-order valence-corrected chi connectivity index (χ1v) is 18.0. The van der Waals surface area contributed by atoms with Gasteiger partial charge in [0.2, 0.25) is 0 Å². The number of hydrogen-bond donors (Lipinski definition) is 0. The SMILES string of the molecule is C=Nc1nc2ccccc2nc1-n1c2cc(-c3ccccc3)ccc2c2c3c4ccccc4n4c(-c5ccccc5)nc(-c5ccccc5)c4c3ccc21. The van der Waals surface area contributed by atoms with E-state index in [0.29, 0.717) is 11.6 Å². The summed E-state index contributed by atoms with van der Waals surface area (Å²) in [6.45, 7) is 3.95. The van der Waals surface area contributed by atoms with Crippen LogP contribution in [0.4, 0.5) is 5.82 Å². The maximum absolute atomic E-state index is 5.44. The van der Waals surface area contributed by atoms with Crippen molar-refractivity contribution in [3.63, 3.8) is 0 Å². The number of fused-ring (bicyclic) bond motifs is 11. The predicted octanol–water partition coefficient (Wildman–Crippen LogP) is 12.0. The number of nitrogens with zero attached hydrogens (tertiary/aromatic N) is 6. The van der Waals surface area contributed by atoms with Crippen molar-refractivity contribution in [3.8, 4) is 39.6 Å². The number of pyridine rings is 1. The Balaban J connectivity index is 1.36. The monoisotopic (exact) mass is 690 g/mol. The van der Waals surface area contributed by atoms with Gasteiger partial charge in [-0.15, -0.1) is 0 Å². The number of aliphatic imine (C=N–C) groups is 1. The number of rotatable bonds is 5. The fraction of sp³-hybridized carbons (Fsp3) is 0. The third-order valence-corrected chi connectivity index (χ3v) is 10.6. The van der Waals surface area contributed by atoms with Gasteiger partial charge in [-0.25, -0.2) is 19.9 Å². The summed E-state index contributed by atoms with van der Waals surface area (Å²) in [6, 6.07) is 59.3. The van der Waals surface area contributed by atoms with Gasteiger partial charge in [0.25, 0.3) is 0 Å². The van der Waals surface area contributed by atoms with E-state index in [-0.39, 0.29) is 0 Å². The Morgan fingerprint density at radius 3 is 1.80 bits per heavy atom. The van der Waals surface area contributed by atoms with Crippen LogP contribution in [0.2, 0.25) is 0 Å². The lowest BCUT2D eigenvalue weighted by atomic mass is 9.97. The number of imidazole rings is 1. The van der Waals surface area contributed by atoms with E-state index in [4.69, 9.17) is 15.0 Å². The zero-order valence-electron chi connectivity index (χ0n) is 29.1. The third-order valence-electron chi connectivity index (χ3n) is 10.6. The topological polar surface area (TPSA) is 60.4 Å². The van der Waals surface area contributed by atoms with Gasteiger partial charge in [-0.05, 0) is 48.2 Å². The summed E-state index contributed by atoms with van der Waals surface area (Å²) in [5.41, 5.74) is 11.1. The molecule has 0 radical (unpaired) electrons. The van der Waals surface area contributed by atoms with Crippen LogP contribution in [0.25, 0.3) is 99.6 Å². The first-order valence-electron chi connectivity index (χ1n) is 18.0. The van der Waals surface area contributed by atoms with Crippen LogP contribution in [0.1, 0.15) is 0 Å². The molecule has 0 spiro atoms. The first kappa shape index (κ1) is 30.2. The zero-order valence-corrected chi connectivity index (χ0v) is 29.1. The molecule has 54 heavy (non-hydrogen) atoms. The minimum absolute atomic E-state index is 0.479. The number of aromatic nitrogens is 5. The van der Waals surface area contributed by atoms with Gasteiger partial charge in [-0.1, -0.05) is 140 Å². The highest BCUT2D eigenvalue weighted by atomic mass is 15.1. The van der Waals surface area contributed by atoms with Crippen molar-refractivity contribution in [2.75, 3.05) is 0 Å². The summed E-state index contributed by atoms with van der Waals surface area (Å²) in [5, 5.41) is 5.65. The molecule has 0 saturated carbocycles. The first-order chi connectivity index (χ1) is 26.8. The molecule has 0 saturated heterocycles. The van der Waals surface area contributed by atoms with Gasteiger partial charge in [-0.3, -0.25) is 8.97 Å². The predicted molar refractivity (Wildman–Crippen MR) is 223 cm³/mol. The normalized spacial score (nSPS) is 11.8. The van der Waals surface area contributed by atoms with Crippen LogP contribution in [0, 0.1) is 0 Å². The molecular formula is C48H30N6. The summed E-state index contributed by atoms with van der Waals surface area (Å²) >= 11 is 0. The Labute approximate surface area is 310 Å². The van der Waals surface area contributed by atoms with Crippen LogP contribution in [0.15, 0.2) is 175 Å². The molecular weight excluding hydrogens is 661 g/mol. The Morgan fingerprint density at radius 1 is 0.444 bits per heavy atom. The maximum atomic E-state index is 5.44. The van der Waals surface area contributed by atoms with E-state index in [1.54, 1.807) is 0 Å². The molecule has 0 N–H and O–H groups in total. The van der Waals surface area contributed by atoms with Gasteiger partial charge in [0, 0.05) is 38.1 Å². The van der Waals surface area contributed by atoms with E-state index in [1.807, 2.05) is 36.4 Å². The van der Waals surface area contributed by atoms with Crippen molar-refractivity contribution in [1.29, 1.82) is 0 Å². The average molecular weight is 691 g/mol. The van der Waals surface area contributed by atoms with Crippen LogP contribution < -0.4 is 0 Å². The summed E-state index contributed by atoms with van der Waals surface area (Å²) in [4.78, 5) is 20.1. The van der Waals surface area contributed by atoms with Gasteiger partial charge in [0.1, 0.15) is 5.82 Å². The van der Waals surface area contributed by atoms with Crippen LogP contribution in [-0.2, 0) is 0 Å². The molecule has 0 fully saturated rings. The minimum atomic E-state index is 0.479. The highest BCUT2D eigenvalue weighted by Gasteiger charge is 2.25. The summed E-state index contributed by atoms with van der Waals surface area (Å²) in [6.07, 6.45) is 0. The van der Waals surface area contributed by atoms with Gasteiger partial charge in [0.15, 0.2) is 11.6 Å². The van der Waals surface area contributed by atoms with Crippen LogP contribution in [0.5, 0.6) is 0 Å². The summed E-state index contributed by atoms with van der Waals surface area (Å²) in [5.74, 6) is 2.03. The fourth-order valence-corrected chi connectivity index (χ4v) is 8.22. The molecule has 11 aromatic rings. The van der Waals surface area contributed by atoms with E-state index in [9.17, 15) is 0 Å². The highest BCUT2D eigenvalue weighted by molar-refractivity contribution is 6.31. The second kappa shape index (κ2) is 11.8. The summed E-state index contributed by atoms with van der Waals surface area (Å²) < 4.78 is 4.57. The molecule has 0 unspecified atom stereocenters. The molecule has 0 aliphatic heterocycles. The van der Waals surface area contributed by atoms with Crippen LogP contribution in [0.3, 0.4) is 0 Å². The van der Waals surface area contributed by atoms with Gasteiger partial charge >= 0.3 is 0 Å². The fourth-order valence-electron chi connectivity index (χ4n) is 8.22. The lowest BCUT2D eigenvalue weighted by Crippen LogP contribution is -2.01. The number of para-hydroxylation sites is 3. The van der Waals surface area contributed by atoms with Crippen molar-refractivity contribution in [1.82, 2.24) is 23.9 Å². The minimum Gasteiger partial charge on any atom is -0.291 e. The molecule has 6 nitrogen and oxygen atoms in total. The Kier molecular flexibility index (Phi) is 6.60. The van der Waals surface area contributed by atoms with Crippen molar-refractivity contribution in [3.05, 3.63) is 170 Å². The van der Waals surface area contributed by atoms with Crippen LogP contribution in [-0.4, -0.2) is 30.6 Å². The molecule has 0 bridgehead atoms. The van der Waals surface area contributed by atoms with Crippen molar-refractivity contribution < 1.29 is 0 Å². The quantitative estimate of drug-likeness (QED) is 0.133. The molecule has 7 aromatic carbocycles. The van der Waals surface area contributed by atoms with E-state index >= 15 is 0 Å². The molecule has 252 valence electrons. The van der Waals surface area contributed by atoms with Crippen molar-refractivity contribution >= 4 is 72.6 Å². The molecule has 0 aliphatic carbocycles. The van der Waals surface area contributed by atoms with Crippen molar-refractivity contribution in [2.45, 2.75) is 0 Å². The van der Waals surface area contributed by atoms with E-state index in [1.165, 1.54) is 0 Å².